The lowest BCUT2D eigenvalue weighted by atomic mass is 10.00. The van der Waals surface area contributed by atoms with Crippen LogP contribution in [0.2, 0.25) is 0 Å². The summed E-state index contributed by atoms with van der Waals surface area (Å²) in [4.78, 5) is 11.9. The molecule has 3 N–H and O–H groups in total. The van der Waals surface area contributed by atoms with Gasteiger partial charge in [0.15, 0.2) is 0 Å². The molecule has 0 spiro atoms. The molecule has 1 aromatic carbocycles. The second kappa shape index (κ2) is 8.74. The lowest BCUT2D eigenvalue weighted by molar-refractivity contribution is -0.116. The second-order valence-corrected chi connectivity index (χ2v) is 5.69. The highest BCUT2D eigenvalue weighted by molar-refractivity contribution is 5.91. The molecule has 21 heavy (non-hydrogen) atoms. The fraction of sp³-hybridized carbons (Fsp3) is 0.562. The van der Waals surface area contributed by atoms with Crippen LogP contribution in [0.1, 0.15) is 33.6 Å². The summed E-state index contributed by atoms with van der Waals surface area (Å²) in [6.45, 7) is 6.23. The molecule has 0 aliphatic rings. The van der Waals surface area contributed by atoms with Gasteiger partial charge in [0.1, 0.15) is 5.82 Å². The van der Waals surface area contributed by atoms with Crippen LogP contribution in [0, 0.1) is 11.7 Å². The molecule has 1 amide bonds. The zero-order valence-electron chi connectivity index (χ0n) is 12.9. The van der Waals surface area contributed by atoms with E-state index in [1.165, 1.54) is 24.3 Å². The standard InChI is InChI=1S/C16H25FN2O2/c1-11(2)15(8-9-20)18-12(3)10-16(21)19-14-6-4-13(17)5-7-14/h4-7,11-12,15,18,20H,8-10H2,1-3H3,(H,19,21). The third-order valence-electron chi connectivity index (χ3n) is 3.36. The monoisotopic (exact) mass is 296 g/mol. The Hall–Kier alpha value is -1.46. The van der Waals surface area contributed by atoms with Crippen LogP contribution in [0.3, 0.4) is 0 Å². The Balaban J connectivity index is 2.44. The van der Waals surface area contributed by atoms with E-state index in [4.69, 9.17) is 5.11 Å². The first kappa shape index (κ1) is 17.6. The van der Waals surface area contributed by atoms with Gasteiger partial charge in [-0.2, -0.15) is 0 Å². The van der Waals surface area contributed by atoms with E-state index < -0.39 is 0 Å². The summed E-state index contributed by atoms with van der Waals surface area (Å²) in [5.41, 5.74) is 0.587. The summed E-state index contributed by atoms with van der Waals surface area (Å²) in [5.74, 6) is -0.0558. The maximum Gasteiger partial charge on any atom is 0.225 e. The SMILES string of the molecule is CC(CC(=O)Nc1ccc(F)cc1)NC(CCO)C(C)C. The van der Waals surface area contributed by atoms with Crippen molar-refractivity contribution in [1.82, 2.24) is 5.32 Å². The van der Waals surface area contributed by atoms with Crippen LogP contribution in [0.4, 0.5) is 10.1 Å². The molecule has 0 aliphatic carbocycles. The normalized spacial score (nSPS) is 14.0. The topological polar surface area (TPSA) is 61.4 Å². The van der Waals surface area contributed by atoms with E-state index in [9.17, 15) is 9.18 Å². The molecule has 0 aliphatic heterocycles. The number of amides is 1. The number of halogens is 1. The van der Waals surface area contributed by atoms with E-state index in [1.54, 1.807) is 0 Å². The van der Waals surface area contributed by atoms with Crippen LogP contribution in [0.5, 0.6) is 0 Å². The summed E-state index contributed by atoms with van der Waals surface area (Å²) in [5, 5.41) is 15.1. The largest absolute Gasteiger partial charge is 0.396 e. The minimum Gasteiger partial charge on any atom is -0.396 e. The van der Waals surface area contributed by atoms with Gasteiger partial charge in [-0.15, -0.1) is 0 Å². The van der Waals surface area contributed by atoms with Gasteiger partial charge in [-0.1, -0.05) is 13.8 Å². The van der Waals surface area contributed by atoms with E-state index in [-0.39, 0.29) is 30.4 Å². The highest BCUT2D eigenvalue weighted by atomic mass is 19.1. The summed E-state index contributed by atoms with van der Waals surface area (Å²) >= 11 is 0. The van der Waals surface area contributed by atoms with E-state index in [2.05, 4.69) is 24.5 Å². The number of rotatable bonds is 8. The molecule has 0 aromatic heterocycles. The molecule has 1 aromatic rings. The van der Waals surface area contributed by atoms with E-state index in [0.717, 1.165) is 0 Å². The Morgan fingerprint density at radius 1 is 1.24 bits per heavy atom. The second-order valence-electron chi connectivity index (χ2n) is 5.69. The van der Waals surface area contributed by atoms with Crippen LogP contribution in [0.25, 0.3) is 0 Å². The molecule has 1 rings (SSSR count). The van der Waals surface area contributed by atoms with Crippen molar-refractivity contribution in [2.24, 2.45) is 5.92 Å². The Morgan fingerprint density at radius 2 is 1.86 bits per heavy atom. The highest BCUT2D eigenvalue weighted by Crippen LogP contribution is 2.11. The molecule has 118 valence electrons. The van der Waals surface area contributed by atoms with Crippen molar-refractivity contribution in [3.8, 4) is 0 Å². The Labute approximate surface area is 125 Å². The number of benzene rings is 1. The van der Waals surface area contributed by atoms with Crippen molar-refractivity contribution in [3.63, 3.8) is 0 Å². The van der Waals surface area contributed by atoms with Gasteiger partial charge in [0.2, 0.25) is 5.91 Å². The van der Waals surface area contributed by atoms with Gasteiger partial charge in [-0.05, 0) is 43.5 Å². The predicted octanol–water partition coefficient (Wildman–Crippen LogP) is 2.54. The number of aliphatic hydroxyl groups is 1. The van der Waals surface area contributed by atoms with Crippen molar-refractivity contribution >= 4 is 11.6 Å². The minimum absolute atomic E-state index is 0.00407. The fourth-order valence-corrected chi connectivity index (χ4v) is 2.20. The molecule has 2 atom stereocenters. The molecule has 0 bridgehead atoms. The highest BCUT2D eigenvalue weighted by Gasteiger charge is 2.17. The van der Waals surface area contributed by atoms with Crippen LogP contribution in [-0.4, -0.2) is 29.7 Å². The Morgan fingerprint density at radius 3 is 2.38 bits per heavy atom. The van der Waals surface area contributed by atoms with Gasteiger partial charge in [0.25, 0.3) is 0 Å². The summed E-state index contributed by atoms with van der Waals surface area (Å²) < 4.78 is 12.8. The molecule has 0 radical (unpaired) electrons. The van der Waals surface area contributed by atoms with Crippen LogP contribution in [0.15, 0.2) is 24.3 Å². The Bertz CT molecular complexity index is 434. The van der Waals surface area contributed by atoms with Crippen LogP contribution in [-0.2, 0) is 4.79 Å². The van der Waals surface area contributed by atoms with Gasteiger partial charge >= 0.3 is 0 Å². The van der Waals surface area contributed by atoms with Crippen LogP contribution < -0.4 is 10.6 Å². The van der Waals surface area contributed by atoms with Gasteiger partial charge in [0, 0.05) is 30.8 Å². The first-order valence-electron chi connectivity index (χ1n) is 7.34. The molecule has 2 unspecified atom stereocenters. The molecule has 4 nitrogen and oxygen atoms in total. The van der Waals surface area contributed by atoms with E-state index in [1.807, 2.05) is 6.92 Å². The maximum atomic E-state index is 12.8. The third kappa shape index (κ3) is 6.69. The Kier molecular flexibility index (Phi) is 7.32. The average molecular weight is 296 g/mol. The molecule has 0 heterocycles. The minimum atomic E-state index is -0.327. The molecule has 0 fully saturated rings. The van der Waals surface area contributed by atoms with Crippen molar-refractivity contribution < 1.29 is 14.3 Å². The average Bonchev–Trinajstić information content (AvgIpc) is 2.40. The fourth-order valence-electron chi connectivity index (χ4n) is 2.20. The smallest absolute Gasteiger partial charge is 0.225 e. The zero-order valence-corrected chi connectivity index (χ0v) is 12.9. The first-order valence-corrected chi connectivity index (χ1v) is 7.34. The van der Waals surface area contributed by atoms with Crippen molar-refractivity contribution in [1.29, 1.82) is 0 Å². The number of nitrogens with one attached hydrogen (secondary N) is 2. The number of aliphatic hydroxyl groups excluding tert-OH is 1. The van der Waals surface area contributed by atoms with Crippen molar-refractivity contribution in [2.75, 3.05) is 11.9 Å². The lowest BCUT2D eigenvalue weighted by Crippen LogP contribution is -2.42. The number of carbonyl (C=O) groups excluding carboxylic acids is 1. The predicted molar refractivity (Wildman–Crippen MR) is 82.6 cm³/mol. The first-order chi connectivity index (χ1) is 9.92. The van der Waals surface area contributed by atoms with Crippen LogP contribution >= 0.6 is 0 Å². The number of hydrogen-bond acceptors (Lipinski definition) is 3. The summed E-state index contributed by atoms with van der Waals surface area (Å²) in [6.07, 6.45) is 0.994. The third-order valence-corrected chi connectivity index (χ3v) is 3.36. The quantitative estimate of drug-likeness (QED) is 0.691. The maximum absolute atomic E-state index is 12.8. The number of anilines is 1. The molecular formula is C16H25FN2O2. The van der Waals surface area contributed by atoms with Gasteiger partial charge < -0.3 is 15.7 Å². The summed E-state index contributed by atoms with van der Waals surface area (Å²) in [7, 11) is 0. The molecule has 0 saturated heterocycles. The van der Waals surface area contributed by atoms with E-state index >= 15 is 0 Å². The van der Waals surface area contributed by atoms with Crippen molar-refractivity contribution in [3.05, 3.63) is 30.1 Å². The number of carbonyl (C=O) groups is 1. The summed E-state index contributed by atoms with van der Waals surface area (Å²) in [6, 6.07) is 5.89. The van der Waals surface area contributed by atoms with E-state index in [0.29, 0.717) is 24.4 Å². The molecule has 5 heteroatoms. The van der Waals surface area contributed by atoms with Gasteiger partial charge in [-0.3, -0.25) is 4.79 Å². The van der Waals surface area contributed by atoms with Crippen molar-refractivity contribution in [2.45, 2.75) is 45.7 Å². The van der Waals surface area contributed by atoms with Gasteiger partial charge in [0.05, 0.1) is 0 Å². The molecule has 0 saturated carbocycles. The zero-order chi connectivity index (χ0) is 15.8. The molecular weight excluding hydrogens is 271 g/mol. The number of hydrogen-bond donors (Lipinski definition) is 3. The lowest BCUT2D eigenvalue weighted by Gasteiger charge is -2.25. The van der Waals surface area contributed by atoms with Gasteiger partial charge in [-0.25, -0.2) is 4.39 Å².